The van der Waals surface area contributed by atoms with Crippen molar-refractivity contribution >= 4 is 22.7 Å². The first kappa shape index (κ1) is 29.4. The van der Waals surface area contributed by atoms with Crippen molar-refractivity contribution in [3.05, 3.63) is 46.2 Å². The second-order valence-corrected chi connectivity index (χ2v) is 10.5. The molecule has 200 valence electrons. The molecule has 1 aromatic heterocycles. The zero-order chi connectivity index (χ0) is 27.0. The molecule has 0 saturated carbocycles. The van der Waals surface area contributed by atoms with Crippen LogP contribution in [0.15, 0.2) is 35.1 Å². The number of pyridine rings is 1. The fraction of sp³-hybridized carbons (Fsp3) is 0.577. The van der Waals surface area contributed by atoms with Crippen molar-refractivity contribution in [1.82, 2.24) is 20.8 Å². The molecule has 3 atom stereocenters. The van der Waals surface area contributed by atoms with E-state index >= 15 is 0 Å². The molecule has 1 unspecified atom stereocenters. The third-order valence-corrected chi connectivity index (χ3v) is 6.14. The van der Waals surface area contributed by atoms with Crippen LogP contribution < -0.4 is 21.8 Å². The van der Waals surface area contributed by atoms with Crippen LogP contribution in [0.2, 0.25) is 0 Å². The van der Waals surface area contributed by atoms with Gasteiger partial charge in [0.2, 0.25) is 11.8 Å². The minimum absolute atomic E-state index is 0.0897. The molecule has 0 aliphatic rings. The molecule has 0 bridgehead atoms. The monoisotopic (exact) mass is 504 g/mol. The topological polar surface area (TPSA) is 131 Å². The predicted octanol–water partition coefficient (Wildman–Crippen LogP) is 2.27. The van der Waals surface area contributed by atoms with Crippen molar-refractivity contribution in [2.45, 2.75) is 59.8 Å². The molecule has 0 spiro atoms. The zero-order valence-electron chi connectivity index (χ0n) is 22.3. The minimum atomic E-state index is -0.741. The number of nitrogens with zero attached hydrogens (tertiary/aromatic N) is 1. The highest BCUT2D eigenvalue weighted by Crippen LogP contribution is 2.24. The summed E-state index contributed by atoms with van der Waals surface area (Å²) in [4.78, 5) is 42.9. The van der Waals surface area contributed by atoms with E-state index < -0.39 is 23.5 Å². The van der Waals surface area contributed by atoms with Crippen molar-refractivity contribution < 1.29 is 24.4 Å². The van der Waals surface area contributed by atoms with Crippen LogP contribution in [0.25, 0.3) is 10.9 Å². The largest absolute Gasteiger partial charge is 0.370 e. The Labute approximate surface area is 212 Å². The summed E-state index contributed by atoms with van der Waals surface area (Å²) in [5.41, 5.74) is 2.72. The van der Waals surface area contributed by atoms with E-state index in [1.807, 2.05) is 52.8 Å². The molecule has 4 N–H and O–H groups in total. The molecule has 0 fully saturated rings. The van der Waals surface area contributed by atoms with Gasteiger partial charge in [-0.3, -0.25) is 24.4 Å². The molecule has 0 saturated heterocycles. The zero-order valence-corrected chi connectivity index (χ0v) is 22.3. The number of amides is 2. The average Bonchev–Trinajstić information content (AvgIpc) is 2.82. The first-order valence-electron chi connectivity index (χ1n) is 12.1. The molecule has 36 heavy (non-hydrogen) atoms. The van der Waals surface area contributed by atoms with Gasteiger partial charge in [0.25, 0.3) is 5.56 Å². The number of carbonyl (C=O) groups is 2. The highest BCUT2D eigenvalue weighted by molar-refractivity contribution is 5.89. The number of rotatable bonds is 12. The third kappa shape index (κ3) is 7.86. The van der Waals surface area contributed by atoms with Crippen LogP contribution in [0.4, 0.5) is 0 Å². The molecular formula is C26H40N4O6. The Bertz CT molecular complexity index is 1090. The van der Waals surface area contributed by atoms with Gasteiger partial charge in [-0.05, 0) is 46.9 Å². The van der Waals surface area contributed by atoms with Crippen molar-refractivity contribution in [2.24, 2.45) is 24.3 Å². The minimum Gasteiger partial charge on any atom is -0.370 e. The van der Waals surface area contributed by atoms with Gasteiger partial charge in [0, 0.05) is 20.2 Å². The number of likely N-dealkylation sites (N-methyl/N-ethyl adjacent to an activating group) is 1. The van der Waals surface area contributed by atoms with Crippen molar-refractivity contribution in [2.75, 3.05) is 13.7 Å². The summed E-state index contributed by atoms with van der Waals surface area (Å²) in [5.74, 6) is -1.10. The lowest BCUT2D eigenvalue weighted by Crippen LogP contribution is -2.55. The van der Waals surface area contributed by atoms with Crippen LogP contribution in [-0.4, -0.2) is 47.4 Å². The van der Waals surface area contributed by atoms with Gasteiger partial charge in [-0.1, -0.05) is 46.3 Å². The number of aryl methyl sites for hydroxylation is 1. The Morgan fingerprint density at radius 1 is 1.11 bits per heavy atom. The van der Waals surface area contributed by atoms with E-state index in [2.05, 4.69) is 10.6 Å². The second kappa shape index (κ2) is 13.0. The summed E-state index contributed by atoms with van der Waals surface area (Å²) in [5, 5.41) is 15.4. The quantitative estimate of drug-likeness (QED) is 0.326. The summed E-state index contributed by atoms with van der Waals surface area (Å²) in [6.45, 7) is 9.72. The highest BCUT2D eigenvalue weighted by atomic mass is 16.8. The van der Waals surface area contributed by atoms with Crippen LogP contribution in [0.3, 0.4) is 0 Å². The molecule has 2 aromatic rings. The maximum Gasteiger partial charge on any atom is 0.250 e. The van der Waals surface area contributed by atoms with E-state index in [1.165, 1.54) is 13.1 Å². The maximum atomic E-state index is 13.5. The Hall–Kier alpha value is -2.79. The molecular weight excluding hydrogens is 464 g/mol. The number of aromatic nitrogens is 1. The lowest BCUT2D eigenvalue weighted by Gasteiger charge is -2.33. The average molecular weight is 505 g/mol. The SMILES string of the molecule is CNC(=O)[C@@H](NC(=O)[C@H](CC(C)C)C(CONO)OCc1ccc2c(ccc(=O)n2C)c1)C(C)(C)C. The number of hydrogen-bond acceptors (Lipinski definition) is 7. The summed E-state index contributed by atoms with van der Waals surface area (Å²) in [7, 11) is 3.25. The first-order chi connectivity index (χ1) is 16.9. The van der Waals surface area contributed by atoms with Gasteiger partial charge in [-0.25, -0.2) is 0 Å². The normalized spacial score (nSPS) is 14.5. The van der Waals surface area contributed by atoms with E-state index in [0.717, 1.165) is 16.5 Å². The fourth-order valence-corrected chi connectivity index (χ4v) is 4.13. The summed E-state index contributed by atoms with van der Waals surface area (Å²) >= 11 is 0. The van der Waals surface area contributed by atoms with Gasteiger partial charge >= 0.3 is 0 Å². The number of ether oxygens (including phenoxy) is 1. The lowest BCUT2D eigenvalue weighted by molar-refractivity contribution is -0.170. The molecule has 0 aliphatic carbocycles. The van der Waals surface area contributed by atoms with Crippen LogP contribution in [0.5, 0.6) is 0 Å². The van der Waals surface area contributed by atoms with Gasteiger partial charge in [-0.2, -0.15) is 0 Å². The van der Waals surface area contributed by atoms with Gasteiger partial charge in [0.15, 0.2) is 0 Å². The first-order valence-corrected chi connectivity index (χ1v) is 12.1. The van der Waals surface area contributed by atoms with Crippen LogP contribution in [0.1, 0.15) is 46.6 Å². The van der Waals surface area contributed by atoms with Crippen LogP contribution >= 0.6 is 0 Å². The Morgan fingerprint density at radius 2 is 1.81 bits per heavy atom. The second-order valence-electron chi connectivity index (χ2n) is 10.5. The highest BCUT2D eigenvalue weighted by Gasteiger charge is 2.37. The van der Waals surface area contributed by atoms with E-state index in [4.69, 9.17) is 14.8 Å². The summed E-state index contributed by atoms with van der Waals surface area (Å²) < 4.78 is 7.74. The van der Waals surface area contributed by atoms with Crippen molar-refractivity contribution in [3.8, 4) is 0 Å². The summed E-state index contributed by atoms with van der Waals surface area (Å²) in [6, 6.07) is 8.18. The van der Waals surface area contributed by atoms with Crippen LogP contribution in [-0.2, 0) is 32.8 Å². The maximum absolute atomic E-state index is 13.5. The Morgan fingerprint density at radius 3 is 2.39 bits per heavy atom. The lowest BCUT2D eigenvalue weighted by atomic mass is 9.84. The fourth-order valence-electron chi connectivity index (χ4n) is 4.13. The van der Waals surface area contributed by atoms with E-state index in [9.17, 15) is 14.4 Å². The number of fused-ring (bicyclic) bond motifs is 1. The van der Waals surface area contributed by atoms with Crippen molar-refractivity contribution in [3.63, 3.8) is 0 Å². The molecule has 2 rings (SSSR count). The number of hydrogen-bond donors (Lipinski definition) is 4. The van der Waals surface area contributed by atoms with Gasteiger partial charge in [0.05, 0.1) is 30.8 Å². The molecule has 10 heteroatoms. The molecule has 10 nitrogen and oxygen atoms in total. The standard InChI is InChI=1S/C26H40N4O6/c1-16(2)12-19(24(32)28-23(25(33)27-6)26(3,4)5)21(15-36-29-34)35-14-17-8-10-20-18(13-17)9-11-22(31)30(20)7/h8-11,13,16,19,21,23,29,34H,12,14-15H2,1-7H3,(H,27,33)(H,28,32)/t19-,21?,23-/m1/s1. The molecule has 1 aromatic carbocycles. The van der Waals surface area contributed by atoms with Crippen LogP contribution in [0, 0.1) is 17.3 Å². The van der Waals surface area contributed by atoms with E-state index in [1.54, 1.807) is 23.3 Å². The smallest absolute Gasteiger partial charge is 0.250 e. The Kier molecular flexibility index (Phi) is 10.6. The number of carbonyl (C=O) groups excluding carboxylic acids is 2. The van der Waals surface area contributed by atoms with E-state index in [0.29, 0.717) is 6.42 Å². The number of nitrogens with one attached hydrogen (secondary N) is 3. The van der Waals surface area contributed by atoms with Gasteiger partial charge in [0.1, 0.15) is 6.04 Å². The summed E-state index contributed by atoms with van der Waals surface area (Å²) in [6.07, 6.45) is -0.233. The molecule has 0 aliphatic heterocycles. The number of benzene rings is 1. The van der Waals surface area contributed by atoms with Gasteiger partial charge in [-0.15, -0.1) is 0 Å². The third-order valence-electron chi connectivity index (χ3n) is 6.14. The van der Waals surface area contributed by atoms with E-state index in [-0.39, 0.29) is 36.5 Å². The molecule has 1 heterocycles. The molecule has 0 radical (unpaired) electrons. The Balaban J connectivity index is 2.29. The molecule has 2 amide bonds. The van der Waals surface area contributed by atoms with Crippen molar-refractivity contribution in [1.29, 1.82) is 0 Å². The van der Waals surface area contributed by atoms with Gasteiger partial charge < -0.3 is 19.9 Å². The predicted molar refractivity (Wildman–Crippen MR) is 137 cm³/mol.